The van der Waals surface area contributed by atoms with Crippen molar-refractivity contribution in [3.63, 3.8) is 0 Å². The van der Waals surface area contributed by atoms with Crippen LogP contribution >= 0.6 is 0 Å². The predicted octanol–water partition coefficient (Wildman–Crippen LogP) is 6.65. The molecule has 228 valence electrons. The molecular formula is C33H26F3N5O4. The summed E-state index contributed by atoms with van der Waals surface area (Å²) in [6.45, 7) is 0.355. The maximum absolute atomic E-state index is 14.0. The van der Waals surface area contributed by atoms with Crippen LogP contribution in [0.1, 0.15) is 16.1 Å². The highest BCUT2D eigenvalue weighted by Gasteiger charge is 2.38. The second kappa shape index (κ2) is 13.2. The zero-order valence-electron chi connectivity index (χ0n) is 23.7. The molecule has 0 unspecified atom stereocenters. The highest BCUT2D eigenvalue weighted by Crippen LogP contribution is 2.37. The first-order valence-electron chi connectivity index (χ1n) is 13.5. The number of methoxy groups -OCH3 is 1. The van der Waals surface area contributed by atoms with Gasteiger partial charge >= 0.3 is 12.1 Å². The number of carboxylic acids is 1. The van der Waals surface area contributed by atoms with Gasteiger partial charge in [-0.15, -0.1) is 0 Å². The van der Waals surface area contributed by atoms with Crippen molar-refractivity contribution < 1.29 is 32.6 Å². The molecule has 0 radical (unpaired) electrons. The van der Waals surface area contributed by atoms with E-state index in [9.17, 15) is 18.0 Å². The Morgan fingerprint density at radius 3 is 2.24 bits per heavy atom. The first-order chi connectivity index (χ1) is 21.7. The van der Waals surface area contributed by atoms with Crippen molar-refractivity contribution in [1.29, 1.82) is 0 Å². The molecule has 0 atom stereocenters. The number of amides is 1. The van der Waals surface area contributed by atoms with E-state index < -0.39 is 12.1 Å². The molecule has 3 aromatic heterocycles. The number of aromatic amines is 1. The van der Waals surface area contributed by atoms with Gasteiger partial charge in [0.2, 0.25) is 0 Å². The van der Waals surface area contributed by atoms with E-state index in [0.29, 0.717) is 17.9 Å². The number of carboxylic acid groups (broad SMARTS) is 1. The summed E-state index contributed by atoms with van der Waals surface area (Å²) in [5, 5.41) is 18.1. The van der Waals surface area contributed by atoms with Crippen molar-refractivity contribution in [3.05, 3.63) is 121 Å². The molecule has 0 saturated carbocycles. The molecule has 3 aromatic carbocycles. The third-order valence-corrected chi connectivity index (χ3v) is 6.73. The Bertz CT molecular complexity index is 1920. The lowest BCUT2D eigenvalue weighted by Gasteiger charge is -2.13. The molecule has 1 amide bonds. The third-order valence-electron chi connectivity index (χ3n) is 6.73. The minimum Gasteiger partial charge on any atom is -0.497 e. The SMILES string of the molecule is COc1cccc(CNC(=O)c2c(-c3ccccc3)c3ccc(-c4cn[nH]c4)nc3n2-c2ccccc2)c1.O=C(O)C(F)(F)F. The van der Waals surface area contributed by atoms with E-state index in [1.54, 1.807) is 13.3 Å². The quantitative estimate of drug-likeness (QED) is 0.185. The Morgan fingerprint density at radius 1 is 0.933 bits per heavy atom. The molecule has 6 rings (SSSR count). The number of rotatable bonds is 7. The number of hydrogen-bond acceptors (Lipinski definition) is 5. The third kappa shape index (κ3) is 6.85. The number of benzene rings is 3. The summed E-state index contributed by atoms with van der Waals surface area (Å²) in [5.41, 5.74) is 6.43. The molecule has 0 aliphatic carbocycles. The molecule has 9 nitrogen and oxygen atoms in total. The Labute approximate surface area is 254 Å². The van der Waals surface area contributed by atoms with Crippen LogP contribution in [0, 0.1) is 0 Å². The van der Waals surface area contributed by atoms with E-state index >= 15 is 0 Å². The molecule has 3 heterocycles. The number of carbonyl (C=O) groups excluding carboxylic acids is 1. The lowest BCUT2D eigenvalue weighted by atomic mass is 10.0. The second-order valence-electron chi connectivity index (χ2n) is 9.65. The molecular weight excluding hydrogens is 587 g/mol. The van der Waals surface area contributed by atoms with Crippen LogP contribution in [0.15, 0.2) is 109 Å². The average molecular weight is 614 g/mol. The number of fused-ring (bicyclic) bond motifs is 1. The Balaban J connectivity index is 0.000000515. The van der Waals surface area contributed by atoms with E-state index in [4.69, 9.17) is 19.6 Å². The molecule has 0 spiro atoms. The number of pyridine rings is 1. The first-order valence-corrected chi connectivity index (χ1v) is 13.5. The smallest absolute Gasteiger partial charge is 0.490 e. The van der Waals surface area contributed by atoms with Gasteiger partial charge in [-0.25, -0.2) is 9.78 Å². The highest BCUT2D eigenvalue weighted by atomic mass is 19.4. The van der Waals surface area contributed by atoms with E-state index in [2.05, 4.69) is 15.5 Å². The van der Waals surface area contributed by atoms with Crippen molar-refractivity contribution >= 4 is 22.9 Å². The standard InChI is InChI=1S/C31H25N5O2.C2HF3O2/c1-38-25-14-8-9-21(17-25)18-32-31(37)29-28(22-10-4-2-5-11-22)26-15-16-27(23-19-33-34-20-23)35-30(26)36(29)24-12-6-3-7-13-24;3-2(4,5)1(6)7/h2-17,19-20H,18H2,1H3,(H,32,37)(H,33,34);(H,6,7). The monoisotopic (exact) mass is 613 g/mol. The number of nitrogens with zero attached hydrogens (tertiary/aromatic N) is 3. The fourth-order valence-electron chi connectivity index (χ4n) is 4.70. The maximum atomic E-state index is 14.0. The molecule has 0 saturated heterocycles. The van der Waals surface area contributed by atoms with Crippen molar-refractivity contribution in [3.8, 4) is 33.8 Å². The summed E-state index contributed by atoms with van der Waals surface area (Å²) in [4.78, 5) is 28.0. The lowest BCUT2D eigenvalue weighted by Crippen LogP contribution is -2.26. The van der Waals surface area contributed by atoms with Gasteiger partial charge in [0, 0.05) is 34.9 Å². The van der Waals surface area contributed by atoms with Gasteiger partial charge < -0.3 is 15.2 Å². The topological polar surface area (TPSA) is 122 Å². The summed E-state index contributed by atoms with van der Waals surface area (Å²) in [6, 6.07) is 31.5. The molecule has 0 aliphatic rings. The largest absolute Gasteiger partial charge is 0.497 e. The van der Waals surface area contributed by atoms with Gasteiger partial charge in [-0.2, -0.15) is 18.3 Å². The minimum atomic E-state index is -5.08. The van der Waals surface area contributed by atoms with Gasteiger partial charge in [-0.1, -0.05) is 60.7 Å². The molecule has 0 aliphatic heterocycles. The number of aromatic nitrogens is 4. The minimum absolute atomic E-state index is 0.196. The van der Waals surface area contributed by atoms with E-state index in [1.165, 1.54) is 0 Å². The van der Waals surface area contributed by atoms with Gasteiger partial charge in [-0.3, -0.25) is 14.5 Å². The van der Waals surface area contributed by atoms with Crippen LogP contribution in [0.3, 0.4) is 0 Å². The number of carbonyl (C=O) groups is 2. The van der Waals surface area contributed by atoms with Crippen LogP contribution in [-0.2, 0) is 11.3 Å². The molecule has 0 bridgehead atoms. The van der Waals surface area contributed by atoms with Gasteiger partial charge in [0.1, 0.15) is 17.1 Å². The van der Waals surface area contributed by atoms with Gasteiger partial charge in [-0.05, 0) is 47.5 Å². The van der Waals surface area contributed by atoms with Gasteiger partial charge in [0.25, 0.3) is 5.91 Å². The van der Waals surface area contributed by atoms with Crippen LogP contribution < -0.4 is 10.1 Å². The van der Waals surface area contributed by atoms with E-state index in [1.807, 2.05) is 108 Å². The van der Waals surface area contributed by atoms with E-state index in [0.717, 1.165) is 44.8 Å². The maximum Gasteiger partial charge on any atom is 0.490 e. The number of aliphatic carboxylic acids is 1. The zero-order valence-corrected chi connectivity index (χ0v) is 23.7. The van der Waals surface area contributed by atoms with Crippen molar-refractivity contribution in [1.82, 2.24) is 25.1 Å². The summed E-state index contributed by atoms with van der Waals surface area (Å²) in [7, 11) is 1.63. The van der Waals surface area contributed by atoms with Crippen molar-refractivity contribution in [2.45, 2.75) is 12.7 Å². The van der Waals surface area contributed by atoms with Crippen molar-refractivity contribution in [2.24, 2.45) is 0 Å². The Kier molecular flexibility index (Phi) is 8.94. The summed E-state index contributed by atoms with van der Waals surface area (Å²) < 4.78 is 39.0. The lowest BCUT2D eigenvalue weighted by molar-refractivity contribution is -0.192. The van der Waals surface area contributed by atoms with Crippen LogP contribution in [-0.4, -0.2) is 50.0 Å². The number of hydrogen-bond donors (Lipinski definition) is 3. The molecule has 12 heteroatoms. The number of para-hydroxylation sites is 1. The normalized spacial score (nSPS) is 11.0. The summed E-state index contributed by atoms with van der Waals surface area (Å²) in [5.74, 6) is -2.21. The van der Waals surface area contributed by atoms with Crippen LogP contribution in [0.25, 0.3) is 39.1 Å². The number of nitrogens with one attached hydrogen (secondary N) is 2. The molecule has 0 fully saturated rings. The molecule has 6 aromatic rings. The van der Waals surface area contributed by atoms with Crippen LogP contribution in [0.2, 0.25) is 0 Å². The molecule has 45 heavy (non-hydrogen) atoms. The summed E-state index contributed by atoms with van der Waals surface area (Å²) >= 11 is 0. The first kappa shape index (κ1) is 30.5. The number of alkyl halides is 3. The fourth-order valence-corrected chi connectivity index (χ4v) is 4.70. The van der Waals surface area contributed by atoms with Crippen LogP contribution in [0.4, 0.5) is 13.2 Å². The highest BCUT2D eigenvalue weighted by molar-refractivity contribution is 6.10. The Morgan fingerprint density at radius 2 is 1.62 bits per heavy atom. The fraction of sp³-hybridized carbons (Fsp3) is 0.0909. The average Bonchev–Trinajstić information content (AvgIpc) is 3.71. The predicted molar refractivity (Wildman–Crippen MR) is 162 cm³/mol. The number of ether oxygens (including phenoxy) is 1. The number of H-pyrrole nitrogens is 1. The number of halogens is 3. The molecule has 3 N–H and O–H groups in total. The summed E-state index contributed by atoms with van der Waals surface area (Å²) in [6.07, 6.45) is -1.53. The zero-order chi connectivity index (χ0) is 32.0. The van der Waals surface area contributed by atoms with Gasteiger partial charge in [0.05, 0.1) is 19.0 Å². The second-order valence-corrected chi connectivity index (χ2v) is 9.65. The van der Waals surface area contributed by atoms with E-state index in [-0.39, 0.29) is 5.91 Å². The van der Waals surface area contributed by atoms with Gasteiger partial charge in [0.15, 0.2) is 0 Å². The van der Waals surface area contributed by atoms with Crippen molar-refractivity contribution in [2.75, 3.05) is 7.11 Å². The van der Waals surface area contributed by atoms with Crippen LogP contribution in [0.5, 0.6) is 5.75 Å². The Hall–Kier alpha value is -5.91.